The molecule has 0 fully saturated rings. The second-order valence-electron chi connectivity index (χ2n) is 6.97. The van der Waals surface area contributed by atoms with Gasteiger partial charge in [0, 0.05) is 5.56 Å². The average molecular weight is 374 g/mol. The first-order valence-corrected chi connectivity index (χ1v) is 10.3. The zero-order valence-electron chi connectivity index (χ0n) is 17.0. The fourth-order valence-corrected chi connectivity index (χ4v) is 2.80. The normalized spacial score (nSPS) is 11.6. The van der Waals surface area contributed by atoms with Gasteiger partial charge in [0.1, 0.15) is 6.04 Å². The number of rotatable bonds is 14. The van der Waals surface area contributed by atoms with E-state index in [1.807, 2.05) is 18.2 Å². The maximum Gasteiger partial charge on any atom is 0.328 e. The summed E-state index contributed by atoms with van der Waals surface area (Å²) in [4.78, 5) is 24.2. The number of unbranched alkanes of at least 4 members (excludes halogenated alkanes) is 7. The number of benzene rings is 1. The molecule has 1 aromatic rings. The molecule has 0 unspecified atom stereocenters. The lowest BCUT2D eigenvalue weighted by Gasteiger charge is -2.13. The van der Waals surface area contributed by atoms with Crippen LogP contribution in [0.25, 0.3) is 0 Å². The summed E-state index contributed by atoms with van der Waals surface area (Å²) in [5.41, 5.74) is 1.73. The van der Waals surface area contributed by atoms with Gasteiger partial charge in [0.15, 0.2) is 0 Å². The average Bonchev–Trinajstić information content (AvgIpc) is 2.69. The second kappa shape index (κ2) is 14.0. The van der Waals surface area contributed by atoms with Crippen LogP contribution in [0.2, 0.25) is 0 Å². The minimum absolute atomic E-state index is 0.251. The fraction of sp³-hybridized carbons (Fsp3) is 0.565. The highest BCUT2D eigenvalue weighted by Crippen LogP contribution is 2.09. The summed E-state index contributed by atoms with van der Waals surface area (Å²) in [5, 5.41) is 2.70. The Morgan fingerprint density at radius 2 is 1.63 bits per heavy atom. The Bertz CT molecular complexity index is 565. The third kappa shape index (κ3) is 9.97. The molecular formula is C23H35NO3. The Morgan fingerprint density at radius 3 is 2.22 bits per heavy atom. The Morgan fingerprint density at radius 1 is 1.04 bits per heavy atom. The van der Waals surface area contributed by atoms with Crippen LogP contribution in [-0.4, -0.2) is 24.5 Å². The van der Waals surface area contributed by atoms with E-state index in [0.29, 0.717) is 12.2 Å². The zero-order valence-corrected chi connectivity index (χ0v) is 17.0. The van der Waals surface area contributed by atoms with Crippen molar-refractivity contribution in [2.45, 2.75) is 77.7 Å². The summed E-state index contributed by atoms with van der Waals surface area (Å²) in [5.74, 6) is -0.628. The van der Waals surface area contributed by atoms with Crippen LogP contribution in [0.5, 0.6) is 0 Å². The van der Waals surface area contributed by atoms with Crippen molar-refractivity contribution in [3.8, 4) is 0 Å². The number of esters is 1. The van der Waals surface area contributed by atoms with Gasteiger partial charge in [0.05, 0.1) is 6.61 Å². The van der Waals surface area contributed by atoms with Gasteiger partial charge in [0.25, 0.3) is 5.91 Å². The Hall–Kier alpha value is -2.10. The number of carbonyl (C=O) groups excluding carboxylic acids is 2. The molecule has 0 radical (unpaired) electrons. The number of carbonyl (C=O) groups is 2. The van der Waals surface area contributed by atoms with Crippen LogP contribution in [-0.2, 0) is 16.0 Å². The number of nitrogens with one attached hydrogen (secondary N) is 1. The Kier molecular flexibility index (Phi) is 11.9. The molecule has 4 nitrogen and oxygen atoms in total. The van der Waals surface area contributed by atoms with Gasteiger partial charge < -0.3 is 10.1 Å². The topological polar surface area (TPSA) is 55.4 Å². The van der Waals surface area contributed by atoms with Crippen molar-refractivity contribution in [2.24, 2.45) is 0 Å². The van der Waals surface area contributed by atoms with Crippen molar-refractivity contribution < 1.29 is 14.3 Å². The monoisotopic (exact) mass is 373 g/mol. The van der Waals surface area contributed by atoms with Gasteiger partial charge >= 0.3 is 5.97 Å². The van der Waals surface area contributed by atoms with Crippen molar-refractivity contribution >= 4 is 11.9 Å². The van der Waals surface area contributed by atoms with Crippen LogP contribution < -0.4 is 5.32 Å². The largest absolute Gasteiger partial charge is 0.464 e. The number of hydrogen-bond donors (Lipinski definition) is 1. The van der Waals surface area contributed by atoms with Gasteiger partial charge in [-0.2, -0.15) is 0 Å². The second-order valence-corrected chi connectivity index (χ2v) is 6.97. The number of amides is 1. The van der Waals surface area contributed by atoms with E-state index in [1.165, 1.54) is 37.7 Å². The van der Waals surface area contributed by atoms with E-state index < -0.39 is 6.04 Å². The van der Waals surface area contributed by atoms with Crippen LogP contribution in [0.1, 0.15) is 81.1 Å². The molecule has 0 aliphatic carbocycles. The number of hydrogen-bond acceptors (Lipinski definition) is 3. The highest BCUT2D eigenvalue weighted by atomic mass is 16.5. The van der Waals surface area contributed by atoms with E-state index in [9.17, 15) is 9.59 Å². The van der Waals surface area contributed by atoms with Crippen molar-refractivity contribution in [3.63, 3.8) is 0 Å². The summed E-state index contributed by atoms with van der Waals surface area (Å²) >= 11 is 0. The lowest BCUT2D eigenvalue weighted by Crippen LogP contribution is -2.39. The number of allylic oxidation sites excluding steroid dienone is 1. The maximum absolute atomic E-state index is 12.2. The van der Waals surface area contributed by atoms with Gasteiger partial charge in [-0.3, -0.25) is 4.79 Å². The van der Waals surface area contributed by atoms with E-state index in [-0.39, 0.29) is 11.9 Å². The molecule has 4 heteroatoms. The van der Waals surface area contributed by atoms with E-state index >= 15 is 0 Å². The summed E-state index contributed by atoms with van der Waals surface area (Å²) < 4.78 is 5.27. The molecule has 0 saturated carbocycles. The zero-order chi connectivity index (χ0) is 19.9. The van der Waals surface area contributed by atoms with E-state index in [4.69, 9.17) is 4.74 Å². The summed E-state index contributed by atoms with van der Waals surface area (Å²) in [6.07, 6.45) is 12.1. The SMILES string of the molecule is C=CCCCCCCCCCOC(=O)[C@H](C)NC(=O)c1ccc(CC)cc1. The molecule has 0 spiro atoms. The van der Waals surface area contributed by atoms with Crippen molar-refractivity contribution in [1.29, 1.82) is 0 Å². The summed E-state index contributed by atoms with van der Waals surface area (Å²) in [7, 11) is 0. The van der Waals surface area contributed by atoms with Gasteiger partial charge in [-0.05, 0) is 50.3 Å². The third-order valence-electron chi connectivity index (χ3n) is 4.62. The Balaban J connectivity index is 2.13. The fourth-order valence-electron chi connectivity index (χ4n) is 2.80. The van der Waals surface area contributed by atoms with Gasteiger partial charge in [0.2, 0.25) is 0 Å². The lowest BCUT2D eigenvalue weighted by molar-refractivity contribution is -0.145. The van der Waals surface area contributed by atoms with Crippen LogP contribution in [0.15, 0.2) is 36.9 Å². The molecule has 0 saturated heterocycles. The van der Waals surface area contributed by atoms with Crippen molar-refractivity contribution in [2.75, 3.05) is 6.61 Å². The molecule has 0 heterocycles. The Labute approximate surface area is 164 Å². The molecule has 150 valence electrons. The molecule has 1 N–H and O–H groups in total. The smallest absolute Gasteiger partial charge is 0.328 e. The van der Waals surface area contributed by atoms with Gasteiger partial charge in [-0.15, -0.1) is 6.58 Å². The van der Waals surface area contributed by atoms with Gasteiger partial charge in [-0.25, -0.2) is 4.79 Å². The highest BCUT2D eigenvalue weighted by Gasteiger charge is 2.17. The van der Waals surface area contributed by atoms with Crippen LogP contribution in [0, 0.1) is 0 Å². The number of ether oxygens (including phenoxy) is 1. The molecule has 1 rings (SSSR count). The van der Waals surface area contributed by atoms with Crippen molar-refractivity contribution in [3.05, 3.63) is 48.0 Å². The molecule has 27 heavy (non-hydrogen) atoms. The first kappa shape index (κ1) is 22.9. The van der Waals surface area contributed by atoms with E-state index in [1.54, 1.807) is 19.1 Å². The third-order valence-corrected chi connectivity index (χ3v) is 4.62. The van der Waals surface area contributed by atoms with Crippen LogP contribution in [0.3, 0.4) is 0 Å². The van der Waals surface area contributed by atoms with Gasteiger partial charge in [-0.1, -0.05) is 57.2 Å². The summed E-state index contributed by atoms with van der Waals surface area (Å²) in [6, 6.07) is 6.77. The lowest BCUT2D eigenvalue weighted by atomic mass is 10.1. The van der Waals surface area contributed by atoms with Crippen LogP contribution in [0.4, 0.5) is 0 Å². The molecule has 0 aromatic heterocycles. The predicted octanol–water partition coefficient (Wildman–Crippen LogP) is 5.22. The molecule has 0 bridgehead atoms. The van der Waals surface area contributed by atoms with Crippen molar-refractivity contribution in [1.82, 2.24) is 5.32 Å². The molecular weight excluding hydrogens is 338 g/mol. The molecule has 0 aliphatic heterocycles. The first-order chi connectivity index (χ1) is 13.1. The predicted molar refractivity (Wildman–Crippen MR) is 111 cm³/mol. The molecule has 1 amide bonds. The minimum Gasteiger partial charge on any atom is -0.464 e. The maximum atomic E-state index is 12.2. The molecule has 1 aromatic carbocycles. The highest BCUT2D eigenvalue weighted by molar-refractivity contribution is 5.96. The van der Waals surface area contributed by atoms with E-state index in [0.717, 1.165) is 25.7 Å². The first-order valence-electron chi connectivity index (χ1n) is 10.3. The number of aryl methyl sites for hydroxylation is 1. The quantitative estimate of drug-likeness (QED) is 0.276. The van der Waals surface area contributed by atoms with E-state index in [2.05, 4.69) is 18.8 Å². The minimum atomic E-state index is -0.645. The standard InChI is InChI=1S/C23H35NO3/c1-4-6-7-8-9-10-11-12-13-18-27-23(26)19(3)24-22(25)21-16-14-20(5-2)15-17-21/h4,14-17,19H,1,5-13,18H2,2-3H3,(H,24,25)/t19-/m0/s1. The van der Waals surface area contributed by atoms with Crippen LogP contribution >= 0.6 is 0 Å². The molecule has 0 aliphatic rings. The summed E-state index contributed by atoms with van der Waals surface area (Å²) in [6.45, 7) is 7.87. The molecule has 1 atom stereocenters.